The van der Waals surface area contributed by atoms with Crippen molar-refractivity contribution in [1.82, 2.24) is 15.1 Å². The first-order valence-corrected chi connectivity index (χ1v) is 7.38. The lowest BCUT2D eigenvalue weighted by Gasteiger charge is -2.36. The van der Waals surface area contributed by atoms with Crippen molar-refractivity contribution < 1.29 is 4.79 Å². The Labute approximate surface area is 111 Å². The van der Waals surface area contributed by atoms with Gasteiger partial charge in [-0.25, -0.2) is 4.79 Å². The highest BCUT2D eigenvalue weighted by Gasteiger charge is 2.25. The van der Waals surface area contributed by atoms with Gasteiger partial charge in [0.05, 0.1) is 0 Å². The molecule has 0 spiro atoms. The zero-order valence-electron chi connectivity index (χ0n) is 11.8. The van der Waals surface area contributed by atoms with Crippen molar-refractivity contribution in [2.45, 2.75) is 57.0 Å². The minimum Gasteiger partial charge on any atom is -0.335 e. The second-order valence-corrected chi connectivity index (χ2v) is 5.97. The van der Waals surface area contributed by atoms with Crippen LogP contribution in [0, 0.1) is 0 Å². The molecule has 1 saturated carbocycles. The van der Waals surface area contributed by atoms with E-state index in [4.69, 9.17) is 0 Å². The van der Waals surface area contributed by atoms with Crippen molar-refractivity contribution in [3.05, 3.63) is 0 Å². The van der Waals surface area contributed by atoms with Crippen LogP contribution in [-0.4, -0.2) is 55.1 Å². The van der Waals surface area contributed by atoms with Crippen molar-refractivity contribution in [3.63, 3.8) is 0 Å². The summed E-state index contributed by atoms with van der Waals surface area (Å²) in [5.74, 6) is 0. The summed E-state index contributed by atoms with van der Waals surface area (Å²) in [6.07, 6.45) is 8.41. The third kappa shape index (κ3) is 3.61. The molecule has 0 bridgehead atoms. The Kier molecular flexibility index (Phi) is 4.87. The zero-order valence-corrected chi connectivity index (χ0v) is 11.8. The molecule has 1 saturated heterocycles. The largest absolute Gasteiger partial charge is 0.335 e. The lowest BCUT2D eigenvalue weighted by molar-refractivity contribution is 0.144. The minimum absolute atomic E-state index is 0.166. The molecule has 104 valence electrons. The quantitative estimate of drug-likeness (QED) is 0.817. The Morgan fingerprint density at radius 3 is 2.22 bits per heavy atom. The third-order valence-corrected chi connectivity index (χ3v) is 4.41. The monoisotopic (exact) mass is 253 g/mol. The summed E-state index contributed by atoms with van der Waals surface area (Å²) >= 11 is 0. The van der Waals surface area contributed by atoms with Gasteiger partial charge < -0.3 is 15.1 Å². The lowest BCUT2D eigenvalue weighted by atomic mass is 9.95. The van der Waals surface area contributed by atoms with Gasteiger partial charge in [-0.05, 0) is 39.8 Å². The van der Waals surface area contributed by atoms with Crippen molar-refractivity contribution in [1.29, 1.82) is 0 Å². The maximum absolute atomic E-state index is 12.1. The topological polar surface area (TPSA) is 35.6 Å². The van der Waals surface area contributed by atoms with Gasteiger partial charge in [-0.3, -0.25) is 0 Å². The molecule has 1 heterocycles. The first-order valence-electron chi connectivity index (χ1n) is 7.38. The summed E-state index contributed by atoms with van der Waals surface area (Å²) in [6.45, 7) is 1.81. The Morgan fingerprint density at radius 1 is 1.06 bits per heavy atom. The van der Waals surface area contributed by atoms with Crippen LogP contribution in [0.25, 0.3) is 0 Å². The van der Waals surface area contributed by atoms with Gasteiger partial charge in [-0.2, -0.15) is 0 Å². The SMILES string of the molecule is CN(C)C1CCN(C(=O)NC2CCCCC2)CC1. The van der Waals surface area contributed by atoms with Gasteiger partial charge in [0.1, 0.15) is 0 Å². The Hall–Kier alpha value is -0.770. The highest BCUT2D eigenvalue weighted by Crippen LogP contribution is 2.19. The molecule has 4 nitrogen and oxygen atoms in total. The van der Waals surface area contributed by atoms with Crippen LogP contribution >= 0.6 is 0 Å². The van der Waals surface area contributed by atoms with E-state index in [9.17, 15) is 4.79 Å². The van der Waals surface area contributed by atoms with Gasteiger partial charge in [0, 0.05) is 25.2 Å². The number of carbonyl (C=O) groups is 1. The van der Waals surface area contributed by atoms with Crippen molar-refractivity contribution in [2.75, 3.05) is 27.2 Å². The van der Waals surface area contributed by atoms with Gasteiger partial charge >= 0.3 is 6.03 Å². The molecule has 2 amide bonds. The summed E-state index contributed by atoms with van der Waals surface area (Å²) in [5.41, 5.74) is 0. The van der Waals surface area contributed by atoms with Crippen LogP contribution in [0.2, 0.25) is 0 Å². The zero-order chi connectivity index (χ0) is 13.0. The number of rotatable bonds is 2. The highest BCUT2D eigenvalue weighted by atomic mass is 16.2. The van der Waals surface area contributed by atoms with E-state index < -0.39 is 0 Å². The number of urea groups is 1. The lowest BCUT2D eigenvalue weighted by Crippen LogP contribution is -2.50. The Bertz CT molecular complexity index is 266. The summed E-state index contributed by atoms with van der Waals surface area (Å²) in [7, 11) is 4.25. The summed E-state index contributed by atoms with van der Waals surface area (Å²) in [6, 6.07) is 1.24. The van der Waals surface area contributed by atoms with E-state index in [0.29, 0.717) is 12.1 Å². The molecule has 0 aromatic rings. The van der Waals surface area contributed by atoms with Crippen LogP contribution in [-0.2, 0) is 0 Å². The fourth-order valence-electron chi connectivity index (χ4n) is 3.10. The number of hydrogen-bond acceptors (Lipinski definition) is 2. The number of piperidine rings is 1. The average molecular weight is 253 g/mol. The number of hydrogen-bond donors (Lipinski definition) is 1. The maximum Gasteiger partial charge on any atom is 0.317 e. The van der Waals surface area contributed by atoms with Crippen molar-refractivity contribution in [3.8, 4) is 0 Å². The highest BCUT2D eigenvalue weighted by molar-refractivity contribution is 5.74. The van der Waals surface area contributed by atoms with E-state index >= 15 is 0 Å². The minimum atomic E-state index is 0.166. The van der Waals surface area contributed by atoms with Crippen LogP contribution in [0.3, 0.4) is 0 Å². The van der Waals surface area contributed by atoms with E-state index in [1.165, 1.54) is 32.1 Å². The van der Waals surface area contributed by atoms with Crippen LogP contribution in [0.5, 0.6) is 0 Å². The van der Waals surface area contributed by atoms with E-state index in [1.807, 2.05) is 4.90 Å². The van der Waals surface area contributed by atoms with Gasteiger partial charge in [-0.15, -0.1) is 0 Å². The molecule has 18 heavy (non-hydrogen) atoms. The molecular formula is C14H27N3O. The van der Waals surface area contributed by atoms with Gasteiger partial charge in [0.15, 0.2) is 0 Å². The number of likely N-dealkylation sites (tertiary alicyclic amines) is 1. The van der Waals surface area contributed by atoms with Crippen molar-refractivity contribution >= 4 is 6.03 Å². The first kappa shape index (κ1) is 13.7. The average Bonchev–Trinajstić information content (AvgIpc) is 2.40. The van der Waals surface area contributed by atoms with Gasteiger partial charge in [0.2, 0.25) is 0 Å². The molecule has 0 unspecified atom stereocenters. The fourth-order valence-corrected chi connectivity index (χ4v) is 3.10. The molecule has 2 fully saturated rings. The standard InChI is InChI=1S/C14H27N3O/c1-16(2)13-8-10-17(11-9-13)14(18)15-12-6-4-3-5-7-12/h12-13H,3-11H2,1-2H3,(H,15,18). The Morgan fingerprint density at radius 2 is 1.67 bits per heavy atom. The predicted octanol–water partition coefficient (Wildman–Crippen LogP) is 2.05. The van der Waals surface area contributed by atoms with E-state index in [0.717, 1.165) is 25.9 Å². The smallest absolute Gasteiger partial charge is 0.317 e. The second kappa shape index (κ2) is 6.41. The molecule has 0 aromatic carbocycles. The summed E-state index contributed by atoms with van der Waals surface area (Å²) < 4.78 is 0. The molecular weight excluding hydrogens is 226 g/mol. The number of nitrogens with one attached hydrogen (secondary N) is 1. The van der Waals surface area contributed by atoms with Crippen molar-refractivity contribution in [2.24, 2.45) is 0 Å². The molecule has 4 heteroatoms. The van der Waals surface area contributed by atoms with Crippen LogP contribution in [0.4, 0.5) is 4.79 Å². The summed E-state index contributed by atoms with van der Waals surface area (Å²) in [4.78, 5) is 16.4. The van der Waals surface area contributed by atoms with Gasteiger partial charge in [-0.1, -0.05) is 19.3 Å². The van der Waals surface area contributed by atoms with Gasteiger partial charge in [0.25, 0.3) is 0 Å². The van der Waals surface area contributed by atoms with Crippen LogP contribution < -0.4 is 5.32 Å². The van der Waals surface area contributed by atoms with E-state index in [2.05, 4.69) is 24.3 Å². The molecule has 2 aliphatic rings. The maximum atomic E-state index is 12.1. The number of amides is 2. The Balaban J connectivity index is 1.73. The molecule has 0 radical (unpaired) electrons. The first-order chi connectivity index (χ1) is 8.66. The summed E-state index contributed by atoms with van der Waals surface area (Å²) in [5, 5.41) is 3.21. The normalized spacial score (nSPS) is 23.4. The molecule has 2 rings (SSSR count). The molecule has 1 aliphatic carbocycles. The van der Waals surface area contributed by atoms with E-state index in [-0.39, 0.29) is 6.03 Å². The van der Waals surface area contributed by atoms with Crippen LogP contribution in [0.1, 0.15) is 44.9 Å². The van der Waals surface area contributed by atoms with Crippen LogP contribution in [0.15, 0.2) is 0 Å². The fraction of sp³-hybridized carbons (Fsp3) is 0.929. The molecule has 1 N–H and O–H groups in total. The van der Waals surface area contributed by atoms with E-state index in [1.54, 1.807) is 0 Å². The molecule has 0 atom stereocenters. The predicted molar refractivity (Wildman–Crippen MR) is 73.7 cm³/mol. The number of carbonyl (C=O) groups excluding carboxylic acids is 1. The second-order valence-electron chi connectivity index (χ2n) is 5.97. The molecule has 0 aromatic heterocycles. The third-order valence-electron chi connectivity index (χ3n) is 4.41. The molecule has 1 aliphatic heterocycles. The number of nitrogens with zero attached hydrogens (tertiary/aromatic N) is 2.